The van der Waals surface area contributed by atoms with Gasteiger partial charge in [-0.2, -0.15) is 5.26 Å². The molecule has 0 radical (unpaired) electrons. The van der Waals surface area contributed by atoms with Crippen molar-refractivity contribution in [3.8, 4) is 23.3 Å². The van der Waals surface area contributed by atoms with Crippen LogP contribution in [0.1, 0.15) is 27.8 Å². The summed E-state index contributed by atoms with van der Waals surface area (Å²) >= 11 is 0. The van der Waals surface area contributed by atoms with Crippen molar-refractivity contribution in [3.63, 3.8) is 0 Å². The standard InChI is InChI=1S/C24H21NO3.CH2O2/c1-17-4-2-3-5-21(17)15-26-23-12-18(8-10-20(23)14-25)6-7-19-9-11-22-24(13-19)28-16-27-22;2-1-3/h2-5,8-13H,6-7,15-16H2,1H3;1H,(H,2,3). The Kier molecular flexibility index (Phi) is 7.50. The van der Waals surface area contributed by atoms with Crippen molar-refractivity contribution in [3.05, 3.63) is 88.5 Å². The number of aryl methyl sites for hydroxylation is 3. The molecule has 0 amide bonds. The maximum atomic E-state index is 9.40. The minimum atomic E-state index is -0.250. The fourth-order valence-corrected chi connectivity index (χ4v) is 3.25. The first-order chi connectivity index (χ1) is 15.1. The zero-order valence-corrected chi connectivity index (χ0v) is 17.2. The number of hydrogen-bond donors (Lipinski definition) is 1. The molecule has 0 fully saturated rings. The lowest BCUT2D eigenvalue weighted by atomic mass is 10.0. The van der Waals surface area contributed by atoms with E-state index in [9.17, 15) is 5.26 Å². The first-order valence-corrected chi connectivity index (χ1v) is 9.81. The third kappa shape index (κ3) is 5.77. The van der Waals surface area contributed by atoms with E-state index in [2.05, 4.69) is 25.1 Å². The summed E-state index contributed by atoms with van der Waals surface area (Å²) in [6, 6.07) is 22.2. The van der Waals surface area contributed by atoms with Crippen molar-refractivity contribution in [2.45, 2.75) is 26.4 Å². The fourth-order valence-electron chi connectivity index (χ4n) is 3.25. The molecule has 31 heavy (non-hydrogen) atoms. The lowest BCUT2D eigenvalue weighted by Crippen LogP contribution is -2.00. The van der Waals surface area contributed by atoms with E-state index < -0.39 is 0 Å². The molecule has 4 rings (SSSR count). The van der Waals surface area contributed by atoms with Gasteiger partial charge in [0.15, 0.2) is 11.5 Å². The number of nitriles is 1. The van der Waals surface area contributed by atoms with Crippen LogP contribution in [0.2, 0.25) is 0 Å². The van der Waals surface area contributed by atoms with Crippen LogP contribution in [-0.2, 0) is 24.2 Å². The van der Waals surface area contributed by atoms with Crippen LogP contribution < -0.4 is 14.2 Å². The lowest BCUT2D eigenvalue weighted by molar-refractivity contribution is -0.122. The molecule has 1 aliphatic rings. The van der Waals surface area contributed by atoms with Gasteiger partial charge >= 0.3 is 0 Å². The summed E-state index contributed by atoms with van der Waals surface area (Å²) in [5.41, 5.74) is 5.19. The molecule has 3 aromatic rings. The molecule has 1 N–H and O–H groups in total. The van der Waals surface area contributed by atoms with E-state index in [0.717, 1.165) is 35.5 Å². The predicted octanol–water partition coefficient (Wildman–Crippen LogP) is 4.66. The molecular formula is C25H23NO5. The van der Waals surface area contributed by atoms with Crippen LogP contribution in [0.4, 0.5) is 0 Å². The zero-order valence-electron chi connectivity index (χ0n) is 17.2. The zero-order chi connectivity index (χ0) is 22.1. The highest BCUT2D eigenvalue weighted by Crippen LogP contribution is 2.33. The highest BCUT2D eigenvalue weighted by atomic mass is 16.7. The van der Waals surface area contributed by atoms with Crippen LogP contribution in [0.3, 0.4) is 0 Å². The number of rotatable bonds is 6. The Morgan fingerprint density at radius 3 is 2.45 bits per heavy atom. The van der Waals surface area contributed by atoms with E-state index in [0.29, 0.717) is 17.9 Å². The number of ether oxygens (including phenoxy) is 3. The van der Waals surface area contributed by atoms with Gasteiger partial charge in [0, 0.05) is 0 Å². The van der Waals surface area contributed by atoms with Gasteiger partial charge in [-0.1, -0.05) is 36.4 Å². The topological polar surface area (TPSA) is 88.8 Å². The number of carboxylic acid groups (broad SMARTS) is 1. The van der Waals surface area contributed by atoms with Crippen LogP contribution in [0, 0.1) is 18.3 Å². The number of carbonyl (C=O) groups is 1. The minimum absolute atomic E-state index is 0.250. The van der Waals surface area contributed by atoms with Crippen molar-refractivity contribution >= 4 is 6.47 Å². The van der Waals surface area contributed by atoms with Crippen LogP contribution in [-0.4, -0.2) is 18.4 Å². The van der Waals surface area contributed by atoms with Gasteiger partial charge in [-0.05, 0) is 66.3 Å². The van der Waals surface area contributed by atoms with E-state index in [1.165, 1.54) is 11.1 Å². The summed E-state index contributed by atoms with van der Waals surface area (Å²) in [6.07, 6.45) is 1.73. The molecule has 0 aliphatic carbocycles. The normalized spacial score (nSPS) is 11.1. The maximum absolute atomic E-state index is 9.40. The molecule has 1 heterocycles. The van der Waals surface area contributed by atoms with Gasteiger partial charge < -0.3 is 19.3 Å². The van der Waals surface area contributed by atoms with Crippen LogP contribution in [0.15, 0.2) is 60.7 Å². The van der Waals surface area contributed by atoms with Gasteiger partial charge in [-0.15, -0.1) is 0 Å². The van der Waals surface area contributed by atoms with Crippen molar-refractivity contribution in [1.29, 1.82) is 5.26 Å². The van der Waals surface area contributed by atoms with Gasteiger partial charge in [0.1, 0.15) is 18.4 Å². The second-order valence-electron chi connectivity index (χ2n) is 6.95. The molecular weight excluding hydrogens is 394 g/mol. The van der Waals surface area contributed by atoms with E-state index in [-0.39, 0.29) is 13.3 Å². The molecule has 0 saturated carbocycles. The smallest absolute Gasteiger partial charge is 0.290 e. The predicted molar refractivity (Wildman–Crippen MR) is 115 cm³/mol. The van der Waals surface area contributed by atoms with Crippen molar-refractivity contribution in [2.24, 2.45) is 0 Å². The SMILES string of the molecule is Cc1ccccc1COc1cc(CCc2ccc3c(c2)OCO3)ccc1C#N.O=CO. The highest BCUT2D eigenvalue weighted by Gasteiger charge is 2.13. The van der Waals surface area contributed by atoms with E-state index in [1.54, 1.807) is 0 Å². The maximum Gasteiger partial charge on any atom is 0.290 e. The van der Waals surface area contributed by atoms with Gasteiger partial charge in [-0.3, -0.25) is 4.79 Å². The number of nitrogens with zero attached hydrogens (tertiary/aromatic N) is 1. The average molecular weight is 417 g/mol. The van der Waals surface area contributed by atoms with E-state index in [4.69, 9.17) is 24.1 Å². The third-order valence-corrected chi connectivity index (χ3v) is 4.95. The van der Waals surface area contributed by atoms with Crippen LogP contribution >= 0.6 is 0 Å². The molecule has 0 bridgehead atoms. The molecule has 0 unspecified atom stereocenters. The summed E-state index contributed by atoms with van der Waals surface area (Å²) in [5, 5.41) is 16.3. The molecule has 6 heteroatoms. The van der Waals surface area contributed by atoms with E-state index >= 15 is 0 Å². The summed E-state index contributed by atoms with van der Waals surface area (Å²) in [7, 11) is 0. The number of fused-ring (bicyclic) bond motifs is 1. The van der Waals surface area contributed by atoms with Crippen LogP contribution in [0.5, 0.6) is 17.2 Å². The molecule has 3 aromatic carbocycles. The second kappa shape index (κ2) is 10.7. The second-order valence-corrected chi connectivity index (χ2v) is 6.95. The third-order valence-electron chi connectivity index (χ3n) is 4.95. The van der Waals surface area contributed by atoms with Crippen molar-refractivity contribution in [1.82, 2.24) is 0 Å². The largest absolute Gasteiger partial charge is 0.488 e. The summed E-state index contributed by atoms with van der Waals surface area (Å²) in [5.74, 6) is 2.24. The van der Waals surface area contributed by atoms with Crippen molar-refractivity contribution in [2.75, 3.05) is 6.79 Å². The average Bonchev–Trinajstić information content (AvgIpc) is 3.26. The lowest BCUT2D eigenvalue weighted by Gasteiger charge is -2.12. The first kappa shape index (κ1) is 21.7. The molecule has 158 valence electrons. The van der Waals surface area contributed by atoms with E-state index in [1.807, 2.05) is 48.5 Å². The Morgan fingerprint density at radius 1 is 1.03 bits per heavy atom. The minimum Gasteiger partial charge on any atom is -0.488 e. The van der Waals surface area contributed by atoms with Gasteiger partial charge in [0.05, 0.1) is 5.56 Å². The number of benzene rings is 3. The summed E-state index contributed by atoms with van der Waals surface area (Å²) in [6.45, 7) is 2.55. The highest BCUT2D eigenvalue weighted by molar-refractivity contribution is 5.47. The molecule has 6 nitrogen and oxygen atoms in total. The summed E-state index contributed by atoms with van der Waals surface area (Å²) < 4.78 is 16.8. The molecule has 0 atom stereocenters. The molecule has 1 aliphatic heterocycles. The first-order valence-electron chi connectivity index (χ1n) is 9.81. The Morgan fingerprint density at radius 2 is 1.71 bits per heavy atom. The Balaban J connectivity index is 0.000000858. The summed E-state index contributed by atoms with van der Waals surface area (Å²) in [4.78, 5) is 8.36. The molecule has 0 spiro atoms. The van der Waals surface area contributed by atoms with Crippen LogP contribution in [0.25, 0.3) is 0 Å². The Labute approximate surface area is 181 Å². The fraction of sp³-hybridized carbons (Fsp3) is 0.200. The van der Waals surface area contributed by atoms with Gasteiger partial charge in [0.2, 0.25) is 6.79 Å². The molecule has 0 aromatic heterocycles. The quantitative estimate of drug-likeness (QED) is 0.587. The number of hydrogen-bond acceptors (Lipinski definition) is 5. The van der Waals surface area contributed by atoms with Gasteiger partial charge in [0.25, 0.3) is 6.47 Å². The Bertz CT molecular complexity index is 1090. The molecule has 0 saturated heterocycles. The monoisotopic (exact) mass is 417 g/mol. The Hall–Kier alpha value is -3.98. The van der Waals surface area contributed by atoms with Crippen molar-refractivity contribution < 1.29 is 24.1 Å². The van der Waals surface area contributed by atoms with Gasteiger partial charge in [-0.25, -0.2) is 0 Å².